The lowest BCUT2D eigenvalue weighted by Gasteiger charge is -2.32. The number of rotatable bonds is 9. The Morgan fingerprint density at radius 1 is 1.13 bits per heavy atom. The van der Waals surface area contributed by atoms with E-state index in [2.05, 4.69) is 10.6 Å². The average Bonchev–Trinajstić information content (AvgIpc) is 2.86. The maximum atomic E-state index is 13.1. The fourth-order valence-electron chi connectivity index (χ4n) is 4.61. The number of carbonyl (C=O) groups excluding carboxylic acids is 2. The molecule has 0 aliphatic carbocycles. The Morgan fingerprint density at radius 2 is 1.87 bits per heavy atom. The second-order valence-electron chi connectivity index (χ2n) is 10.2. The Kier molecular flexibility index (Phi) is 7.85. The van der Waals surface area contributed by atoms with E-state index in [0.29, 0.717) is 22.5 Å². The van der Waals surface area contributed by atoms with Crippen LogP contribution in [-0.2, 0) is 27.2 Å². The van der Waals surface area contributed by atoms with Crippen molar-refractivity contribution >= 4 is 28.8 Å². The molecule has 0 radical (unpaired) electrons. The number of carboxylic acids is 1. The van der Waals surface area contributed by atoms with Gasteiger partial charge in [0, 0.05) is 24.4 Å². The van der Waals surface area contributed by atoms with Crippen molar-refractivity contribution in [2.24, 2.45) is 0 Å². The number of hydrogen-bond acceptors (Lipinski definition) is 6. The van der Waals surface area contributed by atoms with Crippen molar-refractivity contribution in [1.29, 1.82) is 0 Å². The summed E-state index contributed by atoms with van der Waals surface area (Å²) in [6, 6.07) is 11.4. The van der Waals surface area contributed by atoms with Crippen LogP contribution >= 0.6 is 0 Å². The van der Waals surface area contributed by atoms with Crippen molar-refractivity contribution in [2.45, 2.75) is 64.5 Å². The molecule has 0 saturated heterocycles. The highest BCUT2D eigenvalue weighted by Crippen LogP contribution is 2.36. The Balaban J connectivity index is 1.55. The Morgan fingerprint density at radius 3 is 2.58 bits per heavy atom. The molecule has 2 heterocycles. The van der Waals surface area contributed by atoms with Crippen molar-refractivity contribution in [3.63, 3.8) is 0 Å². The lowest BCUT2D eigenvalue weighted by Crippen LogP contribution is -2.41. The maximum Gasteiger partial charge on any atom is 0.340 e. The fourth-order valence-corrected chi connectivity index (χ4v) is 4.61. The molecular formula is C29H32N2O7. The number of carboxylic acid groups (broad SMARTS) is 1. The van der Waals surface area contributed by atoms with Crippen molar-refractivity contribution in [1.82, 2.24) is 10.6 Å². The number of ether oxygens (including phenoxy) is 1. The Bertz CT molecular complexity index is 1430. The van der Waals surface area contributed by atoms with Crippen LogP contribution in [0.4, 0.5) is 0 Å². The van der Waals surface area contributed by atoms with Crippen LogP contribution in [0.2, 0.25) is 0 Å². The second kappa shape index (κ2) is 11.1. The van der Waals surface area contributed by atoms with Crippen molar-refractivity contribution in [2.75, 3.05) is 6.54 Å². The topological polar surface area (TPSA) is 135 Å². The molecule has 2 amide bonds. The van der Waals surface area contributed by atoms with Gasteiger partial charge in [0.05, 0.1) is 12.0 Å². The van der Waals surface area contributed by atoms with Crippen molar-refractivity contribution in [3.8, 4) is 5.75 Å². The van der Waals surface area contributed by atoms with Gasteiger partial charge >= 0.3 is 11.6 Å². The van der Waals surface area contributed by atoms with Crippen molar-refractivity contribution < 1.29 is 28.6 Å². The number of benzene rings is 2. The average molecular weight is 521 g/mol. The first-order chi connectivity index (χ1) is 18.0. The van der Waals surface area contributed by atoms with Gasteiger partial charge in [0.1, 0.15) is 23.0 Å². The molecule has 0 fully saturated rings. The Hall–Kier alpha value is -4.14. The number of nitrogens with one attached hydrogen (secondary N) is 2. The predicted molar refractivity (Wildman–Crippen MR) is 141 cm³/mol. The molecule has 9 nitrogen and oxygen atoms in total. The highest BCUT2D eigenvalue weighted by molar-refractivity contribution is 5.90. The maximum absolute atomic E-state index is 13.1. The standard InChI is InChI=1S/C29H32N2O7/c1-17-20-14-19-11-12-29(2,3)38-22(19)16-23(20)37-28(36)21(17)15-24(32)31-26(18-8-5-4-6-9-18)27(35)30-13-7-10-25(33)34/h4-6,8-9,14,16,26H,7,10-13,15H2,1-3H3,(H,30,35)(H,31,32)(H,33,34)/t26-/m1/s1. The summed E-state index contributed by atoms with van der Waals surface area (Å²) < 4.78 is 11.7. The molecule has 200 valence electrons. The molecule has 0 saturated carbocycles. The lowest BCUT2D eigenvalue weighted by molar-refractivity contribution is -0.137. The third-order valence-electron chi connectivity index (χ3n) is 6.76. The van der Waals surface area contributed by atoms with Gasteiger partial charge in [-0.25, -0.2) is 4.79 Å². The van der Waals surface area contributed by atoms with Gasteiger partial charge in [-0.05, 0) is 62.8 Å². The zero-order chi connectivity index (χ0) is 27.4. The minimum absolute atomic E-state index is 0.0766. The predicted octanol–water partition coefficient (Wildman–Crippen LogP) is 3.59. The number of amides is 2. The summed E-state index contributed by atoms with van der Waals surface area (Å²) in [5, 5.41) is 14.9. The monoisotopic (exact) mass is 520 g/mol. The van der Waals surface area contributed by atoms with E-state index in [1.165, 1.54) is 0 Å². The number of carbonyl (C=O) groups is 3. The molecule has 3 aromatic rings. The summed E-state index contributed by atoms with van der Waals surface area (Å²) in [7, 11) is 0. The zero-order valence-corrected chi connectivity index (χ0v) is 21.8. The molecule has 0 spiro atoms. The van der Waals surface area contributed by atoms with Crippen LogP contribution in [0.5, 0.6) is 5.75 Å². The van der Waals surface area contributed by atoms with Gasteiger partial charge in [-0.15, -0.1) is 0 Å². The number of aryl methyl sites for hydroxylation is 2. The van der Waals surface area contributed by atoms with Gasteiger partial charge in [-0.2, -0.15) is 0 Å². The van der Waals surface area contributed by atoms with E-state index in [1.807, 2.05) is 19.9 Å². The second-order valence-corrected chi connectivity index (χ2v) is 10.2. The van der Waals surface area contributed by atoms with Gasteiger partial charge < -0.3 is 24.9 Å². The molecule has 38 heavy (non-hydrogen) atoms. The largest absolute Gasteiger partial charge is 0.487 e. The fraction of sp³-hybridized carbons (Fsp3) is 0.379. The van der Waals surface area contributed by atoms with Crippen LogP contribution in [0.3, 0.4) is 0 Å². The van der Waals surface area contributed by atoms with Gasteiger partial charge in [0.2, 0.25) is 11.8 Å². The first kappa shape index (κ1) is 26.9. The molecule has 0 unspecified atom stereocenters. The third kappa shape index (κ3) is 6.22. The van der Waals surface area contributed by atoms with Gasteiger partial charge in [0.15, 0.2) is 0 Å². The van der Waals surface area contributed by atoms with E-state index in [0.717, 1.165) is 23.8 Å². The number of fused-ring (bicyclic) bond motifs is 2. The molecule has 4 rings (SSSR count). The normalized spacial score (nSPS) is 14.7. The smallest absolute Gasteiger partial charge is 0.340 e. The van der Waals surface area contributed by atoms with E-state index < -0.39 is 29.5 Å². The number of hydrogen-bond donors (Lipinski definition) is 3. The quantitative estimate of drug-likeness (QED) is 0.290. The molecule has 1 aromatic heterocycles. The van der Waals surface area contributed by atoms with E-state index in [1.54, 1.807) is 43.3 Å². The summed E-state index contributed by atoms with van der Waals surface area (Å²) in [6.07, 6.45) is 1.61. The zero-order valence-electron chi connectivity index (χ0n) is 21.8. The molecule has 1 aliphatic heterocycles. The summed E-state index contributed by atoms with van der Waals surface area (Å²) in [5.41, 5.74) is 1.94. The van der Waals surface area contributed by atoms with E-state index in [4.69, 9.17) is 14.3 Å². The van der Waals surface area contributed by atoms with Crippen LogP contribution in [0.1, 0.15) is 61.4 Å². The molecular weight excluding hydrogens is 488 g/mol. The summed E-state index contributed by atoms with van der Waals surface area (Å²) in [5.74, 6) is -1.24. The first-order valence-electron chi connectivity index (χ1n) is 12.7. The van der Waals surface area contributed by atoms with Gasteiger partial charge in [0.25, 0.3) is 0 Å². The molecule has 3 N–H and O–H groups in total. The lowest BCUT2D eigenvalue weighted by atomic mass is 9.92. The first-order valence-corrected chi connectivity index (χ1v) is 12.7. The molecule has 0 bridgehead atoms. The molecule has 1 atom stereocenters. The van der Waals surface area contributed by atoms with Crippen LogP contribution in [0.15, 0.2) is 51.7 Å². The van der Waals surface area contributed by atoms with E-state index in [9.17, 15) is 19.2 Å². The minimum atomic E-state index is -1.01. The highest BCUT2D eigenvalue weighted by atomic mass is 16.5. The molecule has 9 heteroatoms. The Labute approximate surface area is 220 Å². The van der Waals surface area contributed by atoms with Crippen LogP contribution in [0.25, 0.3) is 11.0 Å². The third-order valence-corrected chi connectivity index (χ3v) is 6.76. The number of aliphatic carboxylic acids is 1. The highest BCUT2D eigenvalue weighted by Gasteiger charge is 2.28. The molecule has 1 aliphatic rings. The van der Waals surface area contributed by atoms with Crippen LogP contribution in [-0.4, -0.2) is 35.0 Å². The van der Waals surface area contributed by atoms with Crippen molar-refractivity contribution in [3.05, 3.63) is 75.1 Å². The van der Waals surface area contributed by atoms with Crippen LogP contribution < -0.4 is 21.0 Å². The summed E-state index contributed by atoms with van der Waals surface area (Å²) in [4.78, 5) is 49.6. The van der Waals surface area contributed by atoms with Crippen LogP contribution in [0, 0.1) is 6.92 Å². The summed E-state index contributed by atoms with van der Waals surface area (Å²) in [6.45, 7) is 5.97. The SMILES string of the molecule is Cc1c(CC(=O)N[C@@H](C(=O)NCCCC(=O)O)c2ccccc2)c(=O)oc2cc3c(cc12)CCC(C)(C)O3. The van der Waals surface area contributed by atoms with E-state index >= 15 is 0 Å². The van der Waals surface area contributed by atoms with Gasteiger partial charge in [-0.1, -0.05) is 30.3 Å². The van der Waals surface area contributed by atoms with Gasteiger partial charge in [-0.3, -0.25) is 14.4 Å². The molecule has 2 aromatic carbocycles. The summed E-state index contributed by atoms with van der Waals surface area (Å²) >= 11 is 0. The van der Waals surface area contributed by atoms with E-state index in [-0.39, 0.29) is 37.0 Å². The minimum Gasteiger partial charge on any atom is -0.487 e.